The van der Waals surface area contributed by atoms with E-state index in [1.165, 1.54) is 18.2 Å². The zero-order valence-corrected chi connectivity index (χ0v) is 19.7. The summed E-state index contributed by atoms with van der Waals surface area (Å²) in [6, 6.07) is 7.39. The maximum atomic E-state index is 12.6. The highest BCUT2D eigenvalue weighted by atomic mass is 16.6. The van der Waals surface area contributed by atoms with Crippen LogP contribution >= 0.6 is 0 Å². The van der Waals surface area contributed by atoms with Gasteiger partial charge in [0.1, 0.15) is 22.8 Å². The number of esters is 1. The summed E-state index contributed by atoms with van der Waals surface area (Å²) in [6.07, 6.45) is 4.59. The number of aryl methyl sites for hydroxylation is 1. The van der Waals surface area contributed by atoms with Crippen molar-refractivity contribution >= 4 is 17.6 Å². The second-order valence-electron chi connectivity index (χ2n) is 9.31. The molecule has 0 saturated carbocycles. The molecule has 5 N–H and O–H groups in total. The molecule has 2 aromatic rings. The lowest BCUT2D eigenvalue weighted by molar-refractivity contribution is -0.131. The topological polar surface area (TPSA) is 127 Å². The molecule has 34 heavy (non-hydrogen) atoms. The Hall–Kier alpha value is -3.71. The van der Waals surface area contributed by atoms with Gasteiger partial charge in [0, 0.05) is 11.6 Å². The SMILES string of the molecule is CC(C)=CCc1cc(/C=C2\OC(=O)C(c3cc(CCC(C)(C)O)c(O)cc3O)=C2O)ccc1O. The van der Waals surface area contributed by atoms with E-state index in [1.807, 2.05) is 19.9 Å². The van der Waals surface area contributed by atoms with Crippen molar-refractivity contribution in [3.8, 4) is 17.2 Å². The molecule has 0 fully saturated rings. The number of hydrogen-bond acceptors (Lipinski definition) is 7. The fraction of sp³-hybridized carbons (Fsp3) is 0.296. The van der Waals surface area contributed by atoms with Gasteiger partial charge < -0.3 is 30.3 Å². The van der Waals surface area contributed by atoms with E-state index in [-0.39, 0.29) is 34.8 Å². The molecule has 0 unspecified atom stereocenters. The Bertz CT molecular complexity index is 1210. The van der Waals surface area contributed by atoms with Gasteiger partial charge in [-0.1, -0.05) is 17.7 Å². The van der Waals surface area contributed by atoms with Crippen LogP contribution in [0.2, 0.25) is 0 Å². The normalized spacial score (nSPS) is 15.1. The van der Waals surface area contributed by atoms with Crippen molar-refractivity contribution in [1.29, 1.82) is 0 Å². The van der Waals surface area contributed by atoms with Gasteiger partial charge in [-0.2, -0.15) is 0 Å². The van der Waals surface area contributed by atoms with Crippen LogP contribution in [0.15, 0.2) is 53.5 Å². The van der Waals surface area contributed by atoms with Gasteiger partial charge in [-0.15, -0.1) is 0 Å². The Morgan fingerprint density at radius 3 is 2.32 bits per heavy atom. The number of rotatable bonds is 7. The number of carbonyl (C=O) groups is 1. The van der Waals surface area contributed by atoms with E-state index in [2.05, 4.69) is 0 Å². The van der Waals surface area contributed by atoms with Crippen LogP contribution in [0.25, 0.3) is 11.6 Å². The Morgan fingerprint density at radius 1 is 0.971 bits per heavy atom. The first-order chi connectivity index (χ1) is 15.9. The number of benzene rings is 2. The molecule has 1 aliphatic rings. The summed E-state index contributed by atoms with van der Waals surface area (Å²) in [5.41, 5.74) is 1.61. The van der Waals surface area contributed by atoms with Gasteiger partial charge in [0.05, 0.1) is 5.60 Å². The lowest BCUT2D eigenvalue weighted by Crippen LogP contribution is -2.19. The van der Waals surface area contributed by atoms with E-state index < -0.39 is 23.1 Å². The number of aromatic hydroxyl groups is 3. The molecule has 0 amide bonds. The second-order valence-corrected chi connectivity index (χ2v) is 9.31. The van der Waals surface area contributed by atoms with Crippen molar-refractivity contribution in [1.82, 2.24) is 0 Å². The molecule has 7 nitrogen and oxygen atoms in total. The average molecular weight is 467 g/mol. The van der Waals surface area contributed by atoms with Gasteiger partial charge in [0.2, 0.25) is 0 Å². The third-order valence-corrected chi connectivity index (χ3v) is 5.48. The van der Waals surface area contributed by atoms with Gasteiger partial charge in [0.25, 0.3) is 0 Å². The average Bonchev–Trinajstić information content (AvgIpc) is 3.00. The van der Waals surface area contributed by atoms with Crippen LogP contribution in [-0.4, -0.2) is 37.1 Å². The van der Waals surface area contributed by atoms with Crippen LogP contribution < -0.4 is 0 Å². The van der Waals surface area contributed by atoms with Crippen molar-refractivity contribution in [3.05, 3.63) is 75.8 Å². The molecule has 0 bridgehead atoms. The lowest BCUT2D eigenvalue weighted by atomic mass is 9.94. The largest absolute Gasteiger partial charge is 0.508 e. The van der Waals surface area contributed by atoms with Crippen LogP contribution in [0.5, 0.6) is 17.2 Å². The summed E-state index contributed by atoms with van der Waals surface area (Å²) in [5, 5.41) is 51.4. The first-order valence-corrected chi connectivity index (χ1v) is 11.0. The summed E-state index contributed by atoms with van der Waals surface area (Å²) in [4.78, 5) is 12.6. The molecule has 7 heteroatoms. The molecule has 2 aromatic carbocycles. The highest BCUT2D eigenvalue weighted by Crippen LogP contribution is 2.40. The zero-order valence-electron chi connectivity index (χ0n) is 19.7. The Balaban J connectivity index is 1.99. The molecule has 0 spiro atoms. The second kappa shape index (κ2) is 9.65. The molecular weight excluding hydrogens is 436 g/mol. The summed E-state index contributed by atoms with van der Waals surface area (Å²) < 4.78 is 5.26. The Morgan fingerprint density at radius 2 is 1.68 bits per heavy atom. The Kier molecular flexibility index (Phi) is 7.07. The number of phenols is 3. The molecule has 0 saturated heterocycles. The molecule has 1 aliphatic heterocycles. The van der Waals surface area contributed by atoms with Gasteiger partial charge in [-0.3, -0.25) is 0 Å². The molecule has 3 rings (SSSR count). The maximum Gasteiger partial charge on any atom is 0.348 e. The predicted octanol–water partition coefficient (Wildman–Crippen LogP) is 4.88. The number of hydrogen-bond donors (Lipinski definition) is 5. The van der Waals surface area contributed by atoms with Crippen molar-refractivity contribution in [3.63, 3.8) is 0 Å². The van der Waals surface area contributed by atoms with Crippen LogP contribution in [-0.2, 0) is 22.4 Å². The minimum absolute atomic E-state index is 0.0180. The molecule has 0 radical (unpaired) electrons. The number of phenolic OH excluding ortho intramolecular Hbond substituents is 3. The number of allylic oxidation sites excluding steroid dienone is 2. The number of aliphatic hydroxyl groups is 2. The summed E-state index contributed by atoms with van der Waals surface area (Å²) in [5.74, 6) is -1.82. The van der Waals surface area contributed by atoms with E-state index in [1.54, 1.807) is 26.0 Å². The van der Waals surface area contributed by atoms with Crippen molar-refractivity contribution < 1.29 is 35.1 Å². The van der Waals surface area contributed by atoms with E-state index in [0.29, 0.717) is 29.5 Å². The predicted molar refractivity (Wildman–Crippen MR) is 129 cm³/mol. The first kappa shape index (κ1) is 24.9. The highest BCUT2D eigenvalue weighted by molar-refractivity contribution is 6.21. The van der Waals surface area contributed by atoms with Crippen molar-refractivity contribution in [2.75, 3.05) is 0 Å². The monoisotopic (exact) mass is 466 g/mol. The molecular formula is C27H30O7. The van der Waals surface area contributed by atoms with E-state index in [4.69, 9.17) is 4.74 Å². The number of carbonyl (C=O) groups excluding carboxylic acids is 1. The third kappa shape index (κ3) is 5.80. The summed E-state index contributed by atoms with van der Waals surface area (Å²) in [7, 11) is 0. The van der Waals surface area contributed by atoms with Crippen molar-refractivity contribution in [2.24, 2.45) is 0 Å². The van der Waals surface area contributed by atoms with Gasteiger partial charge in [0.15, 0.2) is 11.5 Å². The van der Waals surface area contributed by atoms with E-state index >= 15 is 0 Å². The standard InChI is InChI=1S/C27H30O7/c1-15(2)5-7-17-11-16(6-8-20(17)28)12-23-25(31)24(26(32)34-23)19-13-18(9-10-27(3,4)33)21(29)14-22(19)30/h5-6,8,11-14,28-31,33H,7,9-10H2,1-4H3/b23-12-. The van der Waals surface area contributed by atoms with Crippen molar-refractivity contribution in [2.45, 2.75) is 52.6 Å². The molecule has 180 valence electrons. The minimum atomic E-state index is -0.970. The van der Waals surface area contributed by atoms with Crippen LogP contribution in [0.4, 0.5) is 0 Å². The Labute approximate surface area is 198 Å². The zero-order chi connectivity index (χ0) is 25.2. The molecule has 0 aromatic heterocycles. The van der Waals surface area contributed by atoms with Gasteiger partial charge in [-0.05, 0) is 87.9 Å². The number of cyclic esters (lactones) is 1. The fourth-order valence-corrected chi connectivity index (χ4v) is 3.54. The summed E-state index contributed by atoms with van der Waals surface area (Å²) >= 11 is 0. The molecule has 0 aliphatic carbocycles. The third-order valence-electron chi connectivity index (χ3n) is 5.48. The van der Waals surface area contributed by atoms with E-state index in [0.717, 1.165) is 11.6 Å². The van der Waals surface area contributed by atoms with E-state index in [9.17, 15) is 30.3 Å². The summed E-state index contributed by atoms with van der Waals surface area (Å²) in [6.45, 7) is 7.19. The van der Waals surface area contributed by atoms with Gasteiger partial charge >= 0.3 is 5.97 Å². The number of aliphatic hydroxyl groups excluding tert-OH is 1. The number of ether oxygens (including phenoxy) is 1. The fourth-order valence-electron chi connectivity index (χ4n) is 3.54. The smallest absolute Gasteiger partial charge is 0.348 e. The van der Waals surface area contributed by atoms with Crippen LogP contribution in [0.3, 0.4) is 0 Å². The first-order valence-electron chi connectivity index (χ1n) is 11.0. The minimum Gasteiger partial charge on any atom is -0.508 e. The quantitative estimate of drug-likeness (QED) is 0.291. The van der Waals surface area contributed by atoms with Gasteiger partial charge in [-0.25, -0.2) is 4.79 Å². The highest BCUT2D eigenvalue weighted by Gasteiger charge is 2.33. The maximum absolute atomic E-state index is 12.6. The van der Waals surface area contributed by atoms with Crippen LogP contribution in [0, 0.1) is 0 Å². The lowest BCUT2D eigenvalue weighted by Gasteiger charge is -2.17. The van der Waals surface area contributed by atoms with Crippen LogP contribution in [0.1, 0.15) is 56.4 Å². The molecule has 1 heterocycles. The molecule has 0 atom stereocenters.